The quantitative estimate of drug-likeness (QED) is 0.242. The zero-order valence-electron chi connectivity index (χ0n) is 16.7. The Bertz CT molecular complexity index is 522. The van der Waals surface area contributed by atoms with E-state index in [0.29, 0.717) is 0 Å². The van der Waals surface area contributed by atoms with Gasteiger partial charge < -0.3 is 54.1 Å². The van der Waals surface area contributed by atoms with E-state index < -0.39 is 14.5 Å². The zero-order chi connectivity index (χ0) is 24.4. The van der Waals surface area contributed by atoms with Gasteiger partial charge in [-0.2, -0.15) is 0 Å². The number of likely N-dealkylation sites (N-methyl/N-ethyl adjacent to an activating group) is 4. The molecule has 0 aliphatic carbocycles. The van der Waals surface area contributed by atoms with Crippen LogP contribution in [0.25, 0.3) is 0 Å². The van der Waals surface area contributed by atoms with E-state index >= 15 is 0 Å². The molecular formula is C12H20B2F8N4NiS4. The molecule has 184 valence electrons. The van der Waals surface area contributed by atoms with Crippen LogP contribution in [0.4, 0.5) is 34.5 Å². The minimum Gasteiger partial charge on any atom is -0.418 e. The third kappa shape index (κ3) is 20.0. The largest absolute Gasteiger partial charge is 2.00 e. The Morgan fingerprint density at radius 1 is 0.484 bits per heavy atom. The van der Waals surface area contributed by atoms with Crippen molar-refractivity contribution in [2.45, 2.75) is 0 Å². The summed E-state index contributed by atoms with van der Waals surface area (Å²) in [6.07, 6.45) is 0. The normalized spacial score (nSPS) is 16.9. The molecule has 0 aromatic carbocycles. The van der Waals surface area contributed by atoms with Gasteiger partial charge in [-0.3, -0.25) is 0 Å². The Morgan fingerprint density at radius 2 is 0.581 bits per heavy atom. The molecular weight excluding hydrogens is 561 g/mol. The third-order valence-electron chi connectivity index (χ3n) is 3.29. The monoisotopic (exact) mass is 580 g/mol. The van der Waals surface area contributed by atoms with Crippen LogP contribution in [-0.2, 0) is 16.5 Å². The second-order valence-electron chi connectivity index (χ2n) is 5.90. The van der Waals surface area contributed by atoms with E-state index in [0.717, 1.165) is 46.1 Å². The number of halogens is 8. The number of rotatable bonds is 0. The number of piperazine rings is 2. The van der Waals surface area contributed by atoms with Gasteiger partial charge in [0.05, 0.1) is 0 Å². The van der Waals surface area contributed by atoms with Crippen molar-refractivity contribution < 1.29 is 51.0 Å². The minimum atomic E-state index is -6.00. The van der Waals surface area contributed by atoms with E-state index in [2.05, 4.69) is 0 Å². The van der Waals surface area contributed by atoms with Crippen molar-refractivity contribution in [1.82, 2.24) is 19.6 Å². The molecule has 0 atom stereocenters. The van der Waals surface area contributed by atoms with Crippen LogP contribution in [0.1, 0.15) is 0 Å². The first-order valence-electron chi connectivity index (χ1n) is 8.01. The second-order valence-corrected chi connectivity index (χ2v) is 7.44. The summed E-state index contributed by atoms with van der Waals surface area (Å²) in [6, 6.07) is 0. The van der Waals surface area contributed by atoms with Gasteiger partial charge in [0.25, 0.3) is 0 Å². The van der Waals surface area contributed by atoms with E-state index in [1.165, 1.54) is 0 Å². The fourth-order valence-electron chi connectivity index (χ4n) is 1.66. The summed E-state index contributed by atoms with van der Waals surface area (Å²) in [4.78, 5) is 11.2. The molecule has 0 spiro atoms. The number of thiocarbonyl (C=S) groups is 4. The fourth-order valence-corrected chi connectivity index (χ4v) is 2.65. The van der Waals surface area contributed by atoms with Gasteiger partial charge in [0.15, 0.2) is 0 Å². The Hall–Kier alpha value is -0.377. The van der Waals surface area contributed by atoms with Gasteiger partial charge in [-0.1, -0.05) is 48.9 Å². The maximum Gasteiger partial charge on any atom is 2.00 e. The average molecular weight is 581 g/mol. The number of nitrogens with zero attached hydrogens (tertiary/aromatic N) is 4. The van der Waals surface area contributed by atoms with Crippen molar-refractivity contribution in [2.75, 3.05) is 54.4 Å². The van der Waals surface area contributed by atoms with Crippen molar-refractivity contribution in [3.8, 4) is 0 Å². The van der Waals surface area contributed by atoms with Crippen LogP contribution >= 0.6 is 48.9 Å². The molecule has 0 bridgehead atoms. The molecule has 4 nitrogen and oxygen atoms in total. The zero-order valence-corrected chi connectivity index (χ0v) is 21.0. The summed E-state index contributed by atoms with van der Waals surface area (Å²) in [5, 5.41) is 0. The molecule has 0 radical (unpaired) electrons. The molecule has 0 saturated carbocycles. The van der Waals surface area contributed by atoms with E-state index in [4.69, 9.17) is 48.9 Å². The van der Waals surface area contributed by atoms with Crippen LogP contribution in [0.5, 0.6) is 0 Å². The molecule has 2 aliphatic heterocycles. The van der Waals surface area contributed by atoms with Crippen LogP contribution in [0, 0.1) is 0 Å². The average Bonchev–Trinajstić information content (AvgIpc) is 2.56. The molecule has 0 N–H and O–H groups in total. The molecule has 0 unspecified atom stereocenters. The Kier molecular flexibility index (Phi) is 17.6. The molecule has 0 aromatic rings. The SMILES string of the molecule is CN1CCN(C)C(=S)C1=S.CN1CCN(C)C(=S)C1=S.F[B-](F)(F)F.F[B-](F)(F)F.[Ni+2]. The predicted octanol–water partition coefficient (Wildman–Crippen LogP) is 3.63. The molecule has 0 aromatic heterocycles. The molecule has 0 amide bonds. The topological polar surface area (TPSA) is 13.0 Å². The summed E-state index contributed by atoms with van der Waals surface area (Å²) in [7, 11) is -4.10. The minimum absolute atomic E-state index is 0. The summed E-state index contributed by atoms with van der Waals surface area (Å²) in [5.74, 6) is 0. The maximum atomic E-state index is 9.75. The summed E-state index contributed by atoms with van der Waals surface area (Å²) in [6.45, 7) is 3.93. The third-order valence-corrected chi connectivity index (χ3v) is 5.57. The van der Waals surface area contributed by atoms with Crippen molar-refractivity contribution in [3.05, 3.63) is 0 Å². The molecule has 31 heavy (non-hydrogen) atoms. The van der Waals surface area contributed by atoms with Crippen LogP contribution in [0.2, 0.25) is 0 Å². The van der Waals surface area contributed by atoms with Crippen LogP contribution in [0.3, 0.4) is 0 Å². The van der Waals surface area contributed by atoms with Crippen LogP contribution in [0.15, 0.2) is 0 Å². The second kappa shape index (κ2) is 15.5. The van der Waals surface area contributed by atoms with Gasteiger partial charge in [0.1, 0.15) is 20.0 Å². The van der Waals surface area contributed by atoms with Gasteiger partial charge in [-0.25, -0.2) is 0 Å². The first-order chi connectivity index (χ1) is 13.3. The predicted molar refractivity (Wildman–Crippen MR) is 121 cm³/mol. The Morgan fingerprint density at radius 3 is 0.677 bits per heavy atom. The molecule has 2 fully saturated rings. The molecule has 2 heterocycles. The first-order valence-corrected chi connectivity index (χ1v) is 9.64. The van der Waals surface area contributed by atoms with Crippen molar-refractivity contribution >= 4 is 83.3 Å². The standard InChI is InChI=1S/2C6H10N2S2.2BF4.Ni/c2*1-7-3-4-8(2)6(10)5(7)9;2*2-1(3,4)5;/h2*3-4H2,1-2H3;;;/q;;2*-1;+2. The first kappa shape index (κ1) is 35.2. The van der Waals surface area contributed by atoms with E-state index in [-0.39, 0.29) is 16.5 Å². The van der Waals surface area contributed by atoms with Gasteiger partial charge in [-0.05, 0) is 0 Å². The fraction of sp³-hybridized carbons (Fsp3) is 0.667. The van der Waals surface area contributed by atoms with Gasteiger partial charge >= 0.3 is 31.0 Å². The van der Waals surface area contributed by atoms with Gasteiger partial charge in [-0.15, -0.1) is 0 Å². The Balaban J connectivity index is -0.000000353. The molecule has 2 saturated heterocycles. The number of hydrogen-bond acceptors (Lipinski definition) is 4. The van der Waals surface area contributed by atoms with Crippen LogP contribution in [-0.4, -0.2) is 108 Å². The van der Waals surface area contributed by atoms with Gasteiger partial charge in [0, 0.05) is 54.4 Å². The van der Waals surface area contributed by atoms with Crippen molar-refractivity contribution in [2.24, 2.45) is 0 Å². The van der Waals surface area contributed by atoms with E-state index in [1.807, 2.05) is 47.8 Å². The molecule has 2 aliphatic rings. The summed E-state index contributed by atoms with van der Waals surface area (Å²) < 4.78 is 78.0. The summed E-state index contributed by atoms with van der Waals surface area (Å²) >= 11 is 20.3. The molecule has 19 heteroatoms. The maximum absolute atomic E-state index is 9.75. The summed E-state index contributed by atoms with van der Waals surface area (Å²) in [5.41, 5.74) is 0. The van der Waals surface area contributed by atoms with Gasteiger partial charge in [0.2, 0.25) is 0 Å². The van der Waals surface area contributed by atoms with Crippen molar-refractivity contribution in [1.29, 1.82) is 0 Å². The molecule has 2 rings (SSSR count). The number of hydrogen-bond donors (Lipinski definition) is 0. The smallest absolute Gasteiger partial charge is 0.418 e. The Labute approximate surface area is 207 Å². The van der Waals surface area contributed by atoms with Crippen LogP contribution < -0.4 is 0 Å². The van der Waals surface area contributed by atoms with E-state index in [9.17, 15) is 34.5 Å². The van der Waals surface area contributed by atoms with Crippen molar-refractivity contribution in [3.63, 3.8) is 0 Å². The van der Waals surface area contributed by atoms with E-state index in [1.54, 1.807) is 0 Å².